The van der Waals surface area contributed by atoms with Gasteiger partial charge in [-0.2, -0.15) is 0 Å². The number of carbonyl (C=O) groups excluding carboxylic acids is 1. The minimum absolute atomic E-state index is 0.0538. The summed E-state index contributed by atoms with van der Waals surface area (Å²) in [5, 5.41) is 9.54. The van der Waals surface area contributed by atoms with Crippen LogP contribution in [-0.2, 0) is 0 Å². The molecule has 16 heavy (non-hydrogen) atoms. The third-order valence-electron chi connectivity index (χ3n) is 2.24. The number of aromatic nitrogens is 1. The van der Waals surface area contributed by atoms with Crippen LogP contribution >= 0.6 is 0 Å². The lowest BCUT2D eigenvalue weighted by atomic mass is 10.2. The minimum Gasteiger partial charge on any atom is -0.505 e. The Balaban J connectivity index is 2.99. The number of hydrogen-bond acceptors (Lipinski definition) is 3. The van der Waals surface area contributed by atoms with Gasteiger partial charge in [0.2, 0.25) is 0 Å². The van der Waals surface area contributed by atoms with Crippen LogP contribution in [0.5, 0.6) is 5.75 Å². The molecule has 4 heteroatoms. The summed E-state index contributed by atoms with van der Waals surface area (Å²) in [5.74, 6) is -0.308. The summed E-state index contributed by atoms with van der Waals surface area (Å²) in [4.78, 5) is 17.5. The molecule has 1 aromatic rings. The van der Waals surface area contributed by atoms with Crippen LogP contribution in [0.3, 0.4) is 0 Å². The zero-order valence-electron chi connectivity index (χ0n) is 9.55. The van der Waals surface area contributed by atoms with Crippen molar-refractivity contribution < 1.29 is 9.90 Å². The summed E-state index contributed by atoms with van der Waals surface area (Å²) in [6.45, 7) is 7.90. The Kier molecular flexibility index (Phi) is 4.05. The van der Waals surface area contributed by atoms with Gasteiger partial charge in [0.15, 0.2) is 0 Å². The fourth-order valence-corrected chi connectivity index (χ4v) is 1.39. The van der Waals surface area contributed by atoms with Gasteiger partial charge in [0.05, 0.1) is 11.8 Å². The Morgan fingerprint density at radius 3 is 2.88 bits per heavy atom. The summed E-state index contributed by atoms with van der Waals surface area (Å²) in [6, 6.07) is 1.56. The minimum atomic E-state index is -0.213. The van der Waals surface area contributed by atoms with Crippen LogP contribution in [0.2, 0.25) is 0 Å². The van der Waals surface area contributed by atoms with Crippen LogP contribution in [0.15, 0.2) is 31.1 Å². The zero-order chi connectivity index (χ0) is 12.1. The van der Waals surface area contributed by atoms with Gasteiger partial charge < -0.3 is 10.0 Å². The van der Waals surface area contributed by atoms with Gasteiger partial charge in [-0.15, -0.1) is 6.58 Å². The molecule has 0 fully saturated rings. The summed E-state index contributed by atoms with van der Waals surface area (Å²) < 4.78 is 0. The van der Waals surface area contributed by atoms with Gasteiger partial charge in [-0.3, -0.25) is 9.78 Å². The molecule has 0 aliphatic heterocycles. The lowest BCUT2D eigenvalue weighted by molar-refractivity contribution is 0.0725. The van der Waals surface area contributed by atoms with Gasteiger partial charge in [-0.05, 0) is 19.9 Å². The Morgan fingerprint density at radius 1 is 1.69 bits per heavy atom. The number of carbonyl (C=O) groups is 1. The summed E-state index contributed by atoms with van der Waals surface area (Å²) in [5.41, 5.74) is 0.269. The van der Waals surface area contributed by atoms with E-state index in [0.29, 0.717) is 6.54 Å². The van der Waals surface area contributed by atoms with Crippen molar-refractivity contribution in [1.29, 1.82) is 0 Å². The maximum Gasteiger partial charge on any atom is 0.258 e. The van der Waals surface area contributed by atoms with Gasteiger partial charge in [-0.25, -0.2) is 0 Å². The highest BCUT2D eigenvalue weighted by Gasteiger charge is 2.19. The standard InChI is InChI=1S/C12H16N2O2/c1-4-7-14(9(2)3)12(16)10-5-6-13-8-11(10)15/h4-6,8-9,15H,1,7H2,2-3H3. The molecule has 4 nitrogen and oxygen atoms in total. The molecule has 0 bridgehead atoms. The average molecular weight is 220 g/mol. The maximum absolute atomic E-state index is 12.1. The normalized spacial score (nSPS) is 10.2. The van der Waals surface area contributed by atoms with Crippen molar-refractivity contribution in [3.63, 3.8) is 0 Å². The number of nitrogens with zero attached hydrogens (tertiary/aromatic N) is 2. The third-order valence-corrected chi connectivity index (χ3v) is 2.24. The van der Waals surface area contributed by atoms with Crippen molar-refractivity contribution in [3.05, 3.63) is 36.7 Å². The number of pyridine rings is 1. The first-order valence-electron chi connectivity index (χ1n) is 5.12. The molecule has 1 rings (SSSR count). The van der Waals surface area contributed by atoms with E-state index in [4.69, 9.17) is 0 Å². The van der Waals surface area contributed by atoms with Gasteiger partial charge in [0.25, 0.3) is 5.91 Å². The molecule has 0 unspecified atom stereocenters. The predicted octanol–water partition coefficient (Wildman–Crippen LogP) is 1.82. The van der Waals surface area contributed by atoms with E-state index in [1.54, 1.807) is 11.0 Å². The summed E-state index contributed by atoms with van der Waals surface area (Å²) >= 11 is 0. The average Bonchev–Trinajstić information content (AvgIpc) is 2.25. The Hall–Kier alpha value is -1.84. The van der Waals surface area contributed by atoms with E-state index in [1.165, 1.54) is 18.5 Å². The zero-order valence-corrected chi connectivity index (χ0v) is 9.55. The number of aromatic hydroxyl groups is 1. The molecule has 0 saturated carbocycles. The molecule has 1 amide bonds. The first-order chi connectivity index (χ1) is 7.57. The lowest BCUT2D eigenvalue weighted by Crippen LogP contribution is -2.37. The molecule has 0 saturated heterocycles. The van der Waals surface area contributed by atoms with Crippen LogP contribution in [-0.4, -0.2) is 33.5 Å². The van der Waals surface area contributed by atoms with Crippen LogP contribution in [0.25, 0.3) is 0 Å². The van der Waals surface area contributed by atoms with Crippen LogP contribution in [0.1, 0.15) is 24.2 Å². The fourth-order valence-electron chi connectivity index (χ4n) is 1.39. The van der Waals surface area contributed by atoms with Crippen LogP contribution < -0.4 is 0 Å². The van der Waals surface area contributed by atoms with Gasteiger partial charge >= 0.3 is 0 Å². The molecule has 0 aliphatic carbocycles. The number of hydrogen-bond donors (Lipinski definition) is 1. The Morgan fingerprint density at radius 2 is 2.38 bits per heavy atom. The largest absolute Gasteiger partial charge is 0.505 e. The topological polar surface area (TPSA) is 53.4 Å². The quantitative estimate of drug-likeness (QED) is 0.787. The van der Waals surface area contributed by atoms with E-state index < -0.39 is 0 Å². The highest BCUT2D eigenvalue weighted by Crippen LogP contribution is 2.17. The second-order valence-electron chi connectivity index (χ2n) is 3.73. The van der Waals surface area contributed by atoms with Crippen molar-refractivity contribution in [2.24, 2.45) is 0 Å². The molecule has 1 heterocycles. The van der Waals surface area contributed by atoms with E-state index in [2.05, 4.69) is 11.6 Å². The Bertz CT molecular complexity index is 388. The molecule has 0 atom stereocenters. The molecular weight excluding hydrogens is 204 g/mol. The van der Waals surface area contributed by atoms with Crippen LogP contribution in [0, 0.1) is 0 Å². The molecule has 0 radical (unpaired) electrons. The van der Waals surface area contributed by atoms with Crippen molar-refractivity contribution in [2.45, 2.75) is 19.9 Å². The first kappa shape index (κ1) is 12.2. The predicted molar refractivity (Wildman–Crippen MR) is 62.3 cm³/mol. The molecule has 0 spiro atoms. The van der Waals surface area contributed by atoms with Crippen molar-refractivity contribution in [3.8, 4) is 5.75 Å². The third kappa shape index (κ3) is 2.59. The molecule has 86 valence electrons. The van der Waals surface area contributed by atoms with Crippen molar-refractivity contribution in [2.75, 3.05) is 6.54 Å². The second-order valence-corrected chi connectivity index (χ2v) is 3.73. The Labute approximate surface area is 95.2 Å². The smallest absolute Gasteiger partial charge is 0.258 e. The molecule has 1 aromatic heterocycles. The van der Waals surface area contributed by atoms with E-state index in [0.717, 1.165) is 0 Å². The fraction of sp³-hybridized carbons (Fsp3) is 0.333. The second kappa shape index (κ2) is 5.30. The highest BCUT2D eigenvalue weighted by molar-refractivity contribution is 5.96. The van der Waals surface area contributed by atoms with E-state index >= 15 is 0 Å². The van der Waals surface area contributed by atoms with E-state index in [-0.39, 0.29) is 23.3 Å². The summed E-state index contributed by atoms with van der Waals surface area (Å²) in [7, 11) is 0. The maximum atomic E-state index is 12.1. The van der Waals surface area contributed by atoms with Gasteiger partial charge in [-0.1, -0.05) is 6.08 Å². The van der Waals surface area contributed by atoms with Crippen molar-refractivity contribution in [1.82, 2.24) is 9.88 Å². The SMILES string of the molecule is C=CCN(C(=O)c1ccncc1O)C(C)C. The lowest BCUT2D eigenvalue weighted by Gasteiger charge is -2.25. The highest BCUT2D eigenvalue weighted by atomic mass is 16.3. The molecule has 0 aromatic carbocycles. The van der Waals surface area contributed by atoms with Crippen molar-refractivity contribution >= 4 is 5.91 Å². The summed E-state index contributed by atoms with van der Waals surface area (Å²) in [6.07, 6.45) is 4.41. The van der Waals surface area contributed by atoms with E-state index in [9.17, 15) is 9.90 Å². The molecule has 1 N–H and O–H groups in total. The van der Waals surface area contributed by atoms with E-state index in [1.807, 2.05) is 13.8 Å². The number of amides is 1. The van der Waals surface area contributed by atoms with Crippen LogP contribution in [0.4, 0.5) is 0 Å². The van der Waals surface area contributed by atoms with Gasteiger partial charge in [0.1, 0.15) is 5.75 Å². The number of rotatable bonds is 4. The monoisotopic (exact) mass is 220 g/mol. The molecule has 0 aliphatic rings. The molecular formula is C12H16N2O2. The first-order valence-corrected chi connectivity index (χ1v) is 5.12. The van der Waals surface area contributed by atoms with Gasteiger partial charge in [0, 0.05) is 18.8 Å².